The van der Waals surface area contributed by atoms with Crippen LogP contribution < -0.4 is 0 Å². The van der Waals surface area contributed by atoms with Gasteiger partial charge in [0.2, 0.25) is 0 Å². The molecular weight excluding hydrogens is 606 g/mol. The van der Waals surface area contributed by atoms with Crippen LogP contribution in [0.2, 0.25) is 0 Å². The molecule has 0 aromatic rings. The van der Waals surface area contributed by atoms with E-state index in [1.165, 1.54) is 83.6 Å². The highest BCUT2D eigenvalue weighted by atomic mass is 16.5. The fraction of sp³-hybridized carbons (Fsp3) is 0.841. The summed E-state index contributed by atoms with van der Waals surface area (Å²) in [6.45, 7) is 13.7. The number of allylic oxidation sites excluding steroid dienone is 1. The van der Waals surface area contributed by atoms with Crippen molar-refractivity contribution in [2.75, 3.05) is 33.4 Å². The van der Waals surface area contributed by atoms with Crippen LogP contribution in [0.15, 0.2) is 29.3 Å². The van der Waals surface area contributed by atoms with Gasteiger partial charge in [0.25, 0.3) is 0 Å². The summed E-state index contributed by atoms with van der Waals surface area (Å²) < 4.78 is 11.6. The molecule has 1 aliphatic heterocycles. The summed E-state index contributed by atoms with van der Waals surface area (Å²) in [6, 6.07) is 0. The maximum atomic E-state index is 13.2. The number of hydrogen-bond acceptors (Lipinski definition) is 5. The summed E-state index contributed by atoms with van der Waals surface area (Å²) in [7, 11) is 2.23. The van der Waals surface area contributed by atoms with Crippen molar-refractivity contribution in [1.29, 1.82) is 0 Å². The van der Waals surface area contributed by atoms with E-state index in [-0.39, 0.29) is 23.8 Å². The molecule has 0 N–H and O–H groups in total. The number of carbonyl (C=O) groups excluding carboxylic acids is 2. The van der Waals surface area contributed by atoms with Gasteiger partial charge in [-0.05, 0) is 94.3 Å². The number of nitrogens with zero attached hydrogens (tertiary/aromatic N) is 1. The molecule has 1 rings (SSSR count). The van der Waals surface area contributed by atoms with E-state index in [0.717, 1.165) is 95.1 Å². The number of cyclic esters (lactones) is 2. The van der Waals surface area contributed by atoms with Crippen LogP contribution in [0.3, 0.4) is 0 Å². The monoisotopic (exact) mass is 684 g/mol. The average Bonchev–Trinajstić information content (AvgIpc) is 3.09. The molecule has 0 aliphatic carbocycles. The molecule has 1 aliphatic rings. The molecular formula is C44H77NO4. The normalized spacial score (nSPS) is 22.4. The van der Waals surface area contributed by atoms with Crippen molar-refractivity contribution in [1.82, 2.24) is 4.90 Å². The van der Waals surface area contributed by atoms with Crippen molar-refractivity contribution in [2.45, 2.75) is 188 Å². The van der Waals surface area contributed by atoms with Gasteiger partial charge in [-0.2, -0.15) is 0 Å². The van der Waals surface area contributed by atoms with Crippen LogP contribution in [-0.2, 0) is 19.1 Å². The Kier molecular flexibility index (Phi) is 29.3. The zero-order valence-electron chi connectivity index (χ0n) is 32.7. The summed E-state index contributed by atoms with van der Waals surface area (Å²) in [5.74, 6) is 0.508. The number of ether oxygens (including phenoxy) is 2. The molecule has 0 radical (unpaired) electrons. The largest absolute Gasteiger partial charge is 0.466 e. The second-order valence-electron chi connectivity index (χ2n) is 14.8. The summed E-state index contributed by atoms with van der Waals surface area (Å²) in [5, 5.41) is 0. The van der Waals surface area contributed by atoms with Crippen LogP contribution in [0.25, 0.3) is 0 Å². The molecule has 1 heterocycles. The van der Waals surface area contributed by atoms with Crippen LogP contribution in [0.1, 0.15) is 188 Å². The number of unbranched alkanes of at least 4 members (excludes halogenated alkanes) is 4. The van der Waals surface area contributed by atoms with Gasteiger partial charge >= 0.3 is 11.9 Å². The first-order valence-electron chi connectivity index (χ1n) is 20.8. The highest BCUT2D eigenvalue weighted by Gasteiger charge is 2.28. The van der Waals surface area contributed by atoms with E-state index in [2.05, 4.69) is 56.5 Å². The summed E-state index contributed by atoms with van der Waals surface area (Å²) in [4.78, 5) is 28.8. The summed E-state index contributed by atoms with van der Waals surface area (Å²) >= 11 is 0. The lowest BCUT2D eigenvalue weighted by molar-refractivity contribution is -0.145. The van der Waals surface area contributed by atoms with Gasteiger partial charge in [0.15, 0.2) is 0 Å². The molecule has 49 heavy (non-hydrogen) atoms. The van der Waals surface area contributed by atoms with E-state index in [0.29, 0.717) is 26.1 Å². The van der Waals surface area contributed by atoms with Gasteiger partial charge in [0, 0.05) is 0 Å². The van der Waals surface area contributed by atoms with Crippen LogP contribution in [0.4, 0.5) is 0 Å². The third-order valence-corrected chi connectivity index (χ3v) is 10.5. The molecule has 5 nitrogen and oxygen atoms in total. The van der Waals surface area contributed by atoms with E-state index in [4.69, 9.17) is 9.47 Å². The Hall–Kier alpha value is -2.02. The predicted octanol–water partition coefficient (Wildman–Crippen LogP) is 12.1. The zero-order valence-corrected chi connectivity index (χ0v) is 32.7. The average molecular weight is 684 g/mol. The lowest BCUT2D eigenvalue weighted by Gasteiger charge is -2.25. The molecule has 0 spiro atoms. The third-order valence-electron chi connectivity index (χ3n) is 10.5. The maximum absolute atomic E-state index is 13.2. The Labute approximate surface area is 303 Å². The fourth-order valence-electron chi connectivity index (χ4n) is 7.29. The number of rotatable bonds is 13. The van der Waals surface area contributed by atoms with Crippen molar-refractivity contribution >= 4 is 11.9 Å². The first kappa shape index (κ1) is 45.0. The fourth-order valence-corrected chi connectivity index (χ4v) is 7.29. The second kappa shape index (κ2) is 31.9. The van der Waals surface area contributed by atoms with Crippen LogP contribution in [0.5, 0.6) is 0 Å². The molecule has 2 atom stereocenters. The minimum Gasteiger partial charge on any atom is -0.466 e. The third kappa shape index (κ3) is 24.7. The van der Waals surface area contributed by atoms with E-state index in [9.17, 15) is 9.59 Å². The van der Waals surface area contributed by atoms with Gasteiger partial charge in [-0.15, -0.1) is 0 Å². The Bertz CT molecular complexity index is 904. The maximum Gasteiger partial charge on any atom is 0.306 e. The SMILES string of the molecule is C=C=C=C=C1C(CCCCC)CC(=O)OCCCCCCCCC(CCCN(C)CC)CCCCCCCCOC(=O)CC1CCCCC. The van der Waals surface area contributed by atoms with Crippen LogP contribution in [-0.4, -0.2) is 50.2 Å². The molecule has 0 bridgehead atoms. The molecule has 0 saturated carbocycles. The number of carbonyl (C=O) groups is 2. The van der Waals surface area contributed by atoms with Crippen molar-refractivity contribution in [3.05, 3.63) is 29.3 Å². The van der Waals surface area contributed by atoms with E-state index in [1.54, 1.807) is 0 Å². The van der Waals surface area contributed by atoms with Gasteiger partial charge in [-0.3, -0.25) is 9.59 Å². The molecule has 0 aromatic heterocycles. The van der Waals surface area contributed by atoms with Gasteiger partial charge in [0.1, 0.15) is 0 Å². The van der Waals surface area contributed by atoms with Gasteiger partial charge < -0.3 is 14.4 Å². The summed E-state index contributed by atoms with van der Waals surface area (Å²) in [6.07, 6.45) is 28.7. The Balaban J connectivity index is 2.97. The van der Waals surface area contributed by atoms with E-state index >= 15 is 0 Å². The van der Waals surface area contributed by atoms with Gasteiger partial charge in [-0.1, -0.05) is 148 Å². The smallest absolute Gasteiger partial charge is 0.306 e. The lowest BCUT2D eigenvalue weighted by Crippen LogP contribution is -2.22. The Morgan fingerprint density at radius 1 is 0.653 bits per heavy atom. The van der Waals surface area contributed by atoms with Crippen molar-refractivity contribution in [3.63, 3.8) is 0 Å². The minimum atomic E-state index is -0.143. The number of hydrogen-bond donors (Lipinski definition) is 0. The minimum absolute atomic E-state index is 0.0331. The van der Waals surface area contributed by atoms with Gasteiger partial charge in [-0.25, -0.2) is 0 Å². The number of esters is 2. The molecule has 0 aromatic carbocycles. The molecule has 0 amide bonds. The van der Waals surface area contributed by atoms with E-state index < -0.39 is 0 Å². The Morgan fingerprint density at radius 3 is 1.57 bits per heavy atom. The topological polar surface area (TPSA) is 55.8 Å². The molecule has 5 heteroatoms. The molecule has 282 valence electrons. The first-order valence-corrected chi connectivity index (χ1v) is 20.8. The summed E-state index contributed by atoms with van der Waals surface area (Å²) in [5.41, 5.74) is 10.0. The molecule has 1 saturated heterocycles. The first-order chi connectivity index (χ1) is 23.9. The van der Waals surface area contributed by atoms with Crippen LogP contribution >= 0.6 is 0 Å². The lowest BCUT2D eigenvalue weighted by atomic mass is 9.79. The zero-order chi connectivity index (χ0) is 35.8. The van der Waals surface area contributed by atoms with Crippen molar-refractivity contribution in [2.24, 2.45) is 17.8 Å². The quantitative estimate of drug-likeness (QED) is 0.110. The van der Waals surface area contributed by atoms with E-state index in [1.807, 2.05) is 0 Å². The van der Waals surface area contributed by atoms with Crippen molar-refractivity contribution in [3.8, 4) is 0 Å². The molecule has 2 unspecified atom stereocenters. The van der Waals surface area contributed by atoms with Gasteiger partial charge in [0.05, 0.1) is 26.1 Å². The predicted molar refractivity (Wildman–Crippen MR) is 207 cm³/mol. The highest BCUT2D eigenvalue weighted by Crippen LogP contribution is 2.34. The highest BCUT2D eigenvalue weighted by molar-refractivity contribution is 5.71. The standard InChI is InChI=1S/C44H77NO4/c1-6-10-21-31-40-37-43(46)48-35-25-19-15-13-17-23-28-39(30-27-34-45(5)9-4)29-24-18-14-16-20-26-36-49-44(47)38-41(32-22-11-7-2)42(40)33-12-8-3/h39-41H,3,6-7,9-11,13-32,34-38H2,1-2,4-5H3. The van der Waals surface area contributed by atoms with Crippen LogP contribution in [0, 0.1) is 17.8 Å². The Morgan fingerprint density at radius 2 is 1.12 bits per heavy atom. The molecule has 1 fully saturated rings. The van der Waals surface area contributed by atoms with Crippen molar-refractivity contribution < 1.29 is 19.1 Å². The second-order valence-corrected chi connectivity index (χ2v) is 14.8.